The minimum Gasteiger partial charge on any atom is -0.465 e. The zero-order valence-electron chi connectivity index (χ0n) is 23.8. The van der Waals surface area contributed by atoms with Crippen molar-refractivity contribution < 1.29 is 19.1 Å². The number of imidazole rings is 1. The number of benzene rings is 1. The average molecular weight is 572 g/mol. The maximum absolute atomic E-state index is 14.1. The molecule has 0 spiro atoms. The van der Waals surface area contributed by atoms with Gasteiger partial charge in [0.05, 0.1) is 18.5 Å². The third kappa shape index (κ3) is 5.95. The Bertz CT molecular complexity index is 1480. The van der Waals surface area contributed by atoms with Crippen molar-refractivity contribution in [3.8, 4) is 21.7 Å². The van der Waals surface area contributed by atoms with Gasteiger partial charge >= 0.3 is 5.97 Å². The van der Waals surface area contributed by atoms with Gasteiger partial charge in [-0.25, -0.2) is 9.78 Å². The molecule has 4 aromatic rings. The molecule has 0 N–H and O–H groups in total. The molecule has 1 amide bonds. The molecule has 1 saturated heterocycles. The molecule has 0 bridgehead atoms. The zero-order valence-corrected chi connectivity index (χ0v) is 24.6. The number of amides is 1. The lowest BCUT2D eigenvalue weighted by Gasteiger charge is -2.34. The minimum atomic E-state index is -0.403. The van der Waals surface area contributed by atoms with Crippen molar-refractivity contribution in [1.82, 2.24) is 9.38 Å². The van der Waals surface area contributed by atoms with Crippen molar-refractivity contribution in [1.29, 1.82) is 0 Å². The number of aromatic nitrogens is 2. The number of anilines is 1. The molecule has 2 aliphatic rings. The van der Waals surface area contributed by atoms with Gasteiger partial charge in [-0.15, -0.1) is 11.3 Å². The van der Waals surface area contributed by atoms with Crippen LogP contribution in [-0.4, -0.2) is 48.1 Å². The third-order valence-electron chi connectivity index (χ3n) is 8.62. The predicted molar refractivity (Wildman–Crippen MR) is 162 cm³/mol. The third-order valence-corrected chi connectivity index (χ3v) is 9.77. The second-order valence-electron chi connectivity index (χ2n) is 11.4. The van der Waals surface area contributed by atoms with E-state index >= 15 is 0 Å². The molecule has 3 aromatic heterocycles. The Balaban J connectivity index is 1.33. The summed E-state index contributed by atoms with van der Waals surface area (Å²) in [4.78, 5) is 35.2. The van der Waals surface area contributed by atoms with E-state index in [0.717, 1.165) is 65.9 Å². The second kappa shape index (κ2) is 12.2. The van der Waals surface area contributed by atoms with E-state index in [9.17, 15) is 9.59 Å². The molecule has 1 saturated carbocycles. The number of methoxy groups -OCH3 is 1. The van der Waals surface area contributed by atoms with Crippen molar-refractivity contribution >= 4 is 34.5 Å². The average Bonchev–Trinajstić information content (AvgIpc) is 3.65. The van der Waals surface area contributed by atoms with Gasteiger partial charge in [-0.1, -0.05) is 37.3 Å². The van der Waals surface area contributed by atoms with E-state index in [-0.39, 0.29) is 11.8 Å². The maximum Gasteiger partial charge on any atom is 0.350 e. The quantitative estimate of drug-likeness (QED) is 0.221. The van der Waals surface area contributed by atoms with Crippen molar-refractivity contribution in [2.45, 2.75) is 45.4 Å². The fraction of sp³-hybridized carbons (Fsp3) is 0.424. The largest absolute Gasteiger partial charge is 0.465 e. The summed E-state index contributed by atoms with van der Waals surface area (Å²) in [6, 6.07) is 16.2. The van der Waals surface area contributed by atoms with Crippen molar-refractivity contribution in [2.75, 3.05) is 31.8 Å². The van der Waals surface area contributed by atoms with Crippen LogP contribution in [-0.2, 0) is 14.3 Å². The number of carbonyl (C=O) groups is 2. The normalized spacial score (nSPS) is 19.8. The van der Waals surface area contributed by atoms with Crippen LogP contribution in [0.3, 0.4) is 0 Å². The van der Waals surface area contributed by atoms with E-state index in [1.165, 1.54) is 18.4 Å². The number of hydrogen-bond acceptors (Lipinski definition) is 6. The Labute approximate surface area is 245 Å². The summed E-state index contributed by atoms with van der Waals surface area (Å²) in [6.45, 7) is 4.29. The first-order chi connectivity index (χ1) is 20.0. The van der Waals surface area contributed by atoms with E-state index < -0.39 is 5.97 Å². The Morgan fingerprint density at radius 1 is 1.02 bits per heavy atom. The van der Waals surface area contributed by atoms with Crippen LogP contribution >= 0.6 is 11.3 Å². The predicted octanol–water partition coefficient (Wildman–Crippen LogP) is 7.10. The number of ether oxygens (including phenoxy) is 2. The number of thiophene rings is 1. The molecule has 0 atom stereocenters. The first kappa shape index (κ1) is 27.7. The number of carbonyl (C=O) groups excluding carboxylic acids is 2. The summed E-state index contributed by atoms with van der Waals surface area (Å²) in [5.74, 6) is 0.725. The molecule has 2 fully saturated rings. The minimum absolute atomic E-state index is 0.00963. The number of esters is 1. The van der Waals surface area contributed by atoms with Gasteiger partial charge in [0.25, 0.3) is 0 Å². The number of hydrogen-bond donors (Lipinski definition) is 0. The molecule has 6 rings (SSSR count). The summed E-state index contributed by atoms with van der Waals surface area (Å²) >= 11 is 1.39. The summed E-state index contributed by atoms with van der Waals surface area (Å²) in [7, 11) is 1.41. The first-order valence-electron chi connectivity index (χ1n) is 14.7. The lowest BCUT2D eigenvalue weighted by molar-refractivity contribution is -0.123. The van der Waals surface area contributed by atoms with Crippen molar-refractivity contribution in [3.05, 3.63) is 65.8 Å². The molecule has 1 aliphatic heterocycles. The zero-order chi connectivity index (χ0) is 28.3. The second-order valence-corrected chi connectivity index (χ2v) is 12.5. The maximum atomic E-state index is 14.1. The van der Waals surface area contributed by atoms with Gasteiger partial charge in [-0.05, 0) is 74.1 Å². The summed E-state index contributed by atoms with van der Waals surface area (Å²) < 4.78 is 12.8. The van der Waals surface area contributed by atoms with Crippen LogP contribution in [0.1, 0.15) is 55.1 Å². The SMILES string of the molecule is COC(=O)c1sc(-c2ccc(-c3cn4ccccc4n3)cc2)cc1N(CC1CCOCC1)C(=O)[C@H]1CC[C@H](C)CC1. The summed E-state index contributed by atoms with van der Waals surface area (Å²) in [5, 5.41) is 0. The van der Waals surface area contributed by atoms with Gasteiger partial charge in [0.15, 0.2) is 0 Å². The smallest absolute Gasteiger partial charge is 0.350 e. The van der Waals surface area contributed by atoms with Crippen LogP contribution in [0.25, 0.3) is 27.3 Å². The van der Waals surface area contributed by atoms with Crippen molar-refractivity contribution in [2.24, 2.45) is 17.8 Å². The molecule has 1 aliphatic carbocycles. The molecule has 1 aromatic carbocycles. The molecular formula is C33H37N3O4S. The molecule has 4 heterocycles. The van der Waals surface area contributed by atoms with E-state index in [4.69, 9.17) is 14.5 Å². The first-order valence-corrected chi connectivity index (χ1v) is 15.5. The van der Waals surface area contributed by atoms with E-state index in [0.29, 0.717) is 42.2 Å². The van der Waals surface area contributed by atoms with Gasteiger partial charge in [-0.2, -0.15) is 0 Å². The van der Waals surface area contributed by atoms with E-state index in [1.54, 1.807) is 0 Å². The highest BCUT2D eigenvalue weighted by molar-refractivity contribution is 7.18. The lowest BCUT2D eigenvalue weighted by atomic mass is 9.82. The Kier molecular flexibility index (Phi) is 8.21. The van der Waals surface area contributed by atoms with Gasteiger partial charge in [0.2, 0.25) is 5.91 Å². The van der Waals surface area contributed by atoms with E-state index in [2.05, 4.69) is 31.2 Å². The molecular weight excluding hydrogens is 534 g/mol. The van der Waals surface area contributed by atoms with Gasteiger partial charge in [0, 0.05) is 48.5 Å². The van der Waals surface area contributed by atoms with Crippen LogP contribution in [0.15, 0.2) is 60.9 Å². The molecule has 7 nitrogen and oxygen atoms in total. The molecule has 0 radical (unpaired) electrons. The van der Waals surface area contributed by atoms with E-state index in [1.807, 2.05) is 46.0 Å². The van der Waals surface area contributed by atoms with Gasteiger partial charge in [0.1, 0.15) is 10.5 Å². The van der Waals surface area contributed by atoms with Gasteiger partial charge in [-0.3, -0.25) is 4.79 Å². The molecule has 214 valence electrons. The number of pyridine rings is 1. The molecule has 8 heteroatoms. The highest BCUT2D eigenvalue weighted by atomic mass is 32.1. The topological polar surface area (TPSA) is 73.1 Å². The number of fused-ring (bicyclic) bond motifs is 1. The number of nitrogens with zero attached hydrogens (tertiary/aromatic N) is 3. The standard InChI is InChI=1S/C33H37N3O4S/c1-22-6-8-26(9-7-22)32(37)36(20-23-14-17-40-18-15-23)28-19-29(41-31(28)33(38)39-2)25-12-10-24(11-13-25)27-21-35-16-4-3-5-30(35)34-27/h3-5,10-13,16,19,21-23,26H,6-9,14-15,17-18,20H2,1-2H3/t22-,26-. The van der Waals surface area contributed by atoms with Crippen LogP contribution in [0.4, 0.5) is 5.69 Å². The summed E-state index contributed by atoms with van der Waals surface area (Å²) in [6.07, 6.45) is 9.79. The fourth-order valence-electron chi connectivity index (χ4n) is 6.06. The van der Waals surface area contributed by atoms with Crippen LogP contribution in [0, 0.1) is 17.8 Å². The molecule has 41 heavy (non-hydrogen) atoms. The van der Waals surface area contributed by atoms with Gasteiger partial charge < -0.3 is 18.8 Å². The Morgan fingerprint density at radius 3 is 2.46 bits per heavy atom. The fourth-order valence-corrected chi connectivity index (χ4v) is 7.15. The van der Waals surface area contributed by atoms with Crippen molar-refractivity contribution in [3.63, 3.8) is 0 Å². The number of rotatable bonds is 7. The Hall–Kier alpha value is -3.49. The Morgan fingerprint density at radius 2 is 1.76 bits per heavy atom. The lowest BCUT2D eigenvalue weighted by Crippen LogP contribution is -2.42. The van der Waals surface area contributed by atoms with Crippen LogP contribution < -0.4 is 4.90 Å². The molecule has 0 unspecified atom stereocenters. The monoisotopic (exact) mass is 571 g/mol. The summed E-state index contributed by atoms with van der Waals surface area (Å²) in [5.41, 5.74) is 4.49. The highest BCUT2D eigenvalue weighted by Gasteiger charge is 2.34. The van der Waals surface area contributed by atoms with Crippen LogP contribution in [0.5, 0.6) is 0 Å². The van der Waals surface area contributed by atoms with Crippen LogP contribution in [0.2, 0.25) is 0 Å². The highest BCUT2D eigenvalue weighted by Crippen LogP contribution is 2.40.